The first-order valence-corrected chi connectivity index (χ1v) is 9.11. The molecule has 0 amide bonds. The summed E-state index contributed by atoms with van der Waals surface area (Å²) >= 11 is 0. The molecule has 6 nitrogen and oxygen atoms in total. The predicted octanol–water partition coefficient (Wildman–Crippen LogP) is 1.76. The minimum atomic E-state index is -3.07. The molecule has 1 aliphatic rings. The number of nitrogens with one attached hydrogen (secondary N) is 1. The standard InChI is InChI=1S/C16H22N4O2S.HI/c1-16(2)12-20(8-9-23(16,21)22)15(18-3)19-11-14-6-4-13(10-17)5-7-14;/h4-7H,8-9,11-12H2,1-3H3,(H,18,19);1H. The summed E-state index contributed by atoms with van der Waals surface area (Å²) in [6.45, 7) is 4.94. The minimum absolute atomic E-state index is 0. The number of aliphatic imine (C=N–C) groups is 1. The maximum absolute atomic E-state index is 12.1. The van der Waals surface area contributed by atoms with Gasteiger partial charge in [-0.2, -0.15) is 5.26 Å². The van der Waals surface area contributed by atoms with Crippen molar-refractivity contribution in [3.63, 3.8) is 0 Å². The Morgan fingerprint density at radius 3 is 2.50 bits per heavy atom. The van der Waals surface area contributed by atoms with Gasteiger partial charge in [-0.25, -0.2) is 8.42 Å². The van der Waals surface area contributed by atoms with Crippen molar-refractivity contribution < 1.29 is 8.42 Å². The molecule has 1 saturated heterocycles. The second kappa shape index (κ2) is 8.16. The van der Waals surface area contributed by atoms with Crippen LogP contribution in [-0.4, -0.2) is 49.9 Å². The fraction of sp³-hybridized carbons (Fsp3) is 0.500. The zero-order valence-corrected chi connectivity index (χ0v) is 17.3. The highest BCUT2D eigenvalue weighted by Crippen LogP contribution is 2.23. The van der Waals surface area contributed by atoms with E-state index in [0.717, 1.165) is 5.56 Å². The SMILES string of the molecule is CN=C(NCc1ccc(C#N)cc1)N1CCS(=O)(=O)C(C)(C)C1.I. The summed E-state index contributed by atoms with van der Waals surface area (Å²) < 4.78 is 23.4. The van der Waals surface area contributed by atoms with E-state index in [1.54, 1.807) is 33.0 Å². The molecule has 0 aliphatic carbocycles. The monoisotopic (exact) mass is 462 g/mol. The van der Waals surface area contributed by atoms with Gasteiger partial charge in [-0.15, -0.1) is 24.0 Å². The number of benzene rings is 1. The molecule has 1 aliphatic heterocycles. The third kappa shape index (κ3) is 4.60. The van der Waals surface area contributed by atoms with Gasteiger partial charge < -0.3 is 10.2 Å². The van der Waals surface area contributed by atoms with E-state index in [2.05, 4.69) is 16.4 Å². The average Bonchev–Trinajstić information content (AvgIpc) is 2.52. The molecule has 0 unspecified atom stereocenters. The molecule has 0 spiro atoms. The van der Waals surface area contributed by atoms with Crippen molar-refractivity contribution in [3.8, 4) is 6.07 Å². The molecule has 0 saturated carbocycles. The second-order valence-corrected chi connectivity index (χ2v) is 8.95. The van der Waals surface area contributed by atoms with Crippen LogP contribution in [0.1, 0.15) is 25.0 Å². The molecule has 132 valence electrons. The molecule has 1 heterocycles. The molecule has 0 radical (unpaired) electrons. The van der Waals surface area contributed by atoms with Crippen LogP contribution in [0.25, 0.3) is 0 Å². The number of guanidine groups is 1. The smallest absolute Gasteiger partial charge is 0.193 e. The van der Waals surface area contributed by atoms with Crippen LogP contribution in [0.3, 0.4) is 0 Å². The molecular formula is C16H23IN4O2S. The Balaban J connectivity index is 0.00000288. The molecule has 2 rings (SSSR count). The summed E-state index contributed by atoms with van der Waals surface area (Å²) in [6.07, 6.45) is 0. The Bertz CT molecular complexity index is 736. The van der Waals surface area contributed by atoms with E-state index in [9.17, 15) is 8.42 Å². The lowest BCUT2D eigenvalue weighted by Crippen LogP contribution is -2.57. The zero-order chi connectivity index (χ0) is 17.1. The summed E-state index contributed by atoms with van der Waals surface area (Å²) in [6, 6.07) is 9.42. The quantitative estimate of drug-likeness (QED) is 0.412. The van der Waals surface area contributed by atoms with Crippen LogP contribution in [0.4, 0.5) is 0 Å². The third-order valence-electron chi connectivity index (χ3n) is 4.09. The van der Waals surface area contributed by atoms with Crippen molar-refractivity contribution in [3.05, 3.63) is 35.4 Å². The number of rotatable bonds is 2. The van der Waals surface area contributed by atoms with Crippen LogP contribution in [0.2, 0.25) is 0 Å². The Morgan fingerprint density at radius 1 is 1.38 bits per heavy atom. The minimum Gasteiger partial charge on any atom is -0.352 e. The Kier molecular flexibility index (Phi) is 7.04. The van der Waals surface area contributed by atoms with Gasteiger partial charge in [0, 0.05) is 26.7 Å². The lowest BCUT2D eigenvalue weighted by molar-refractivity contribution is 0.353. The van der Waals surface area contributed by atoms with Crippen molar-refractivity contribution in [2.45, 2.75) is 25.1 Å². The van der Waals surface area contributed by atoms with Gasteiger partial charge in [0.05, 0.1) is 22.1 Å². The van der Waals surface area contributed by atoms with Crippen molar-refractivity contribution in [1.29, 1.82) is 5.26 Å². The maximum Gasteiger partial charge on any atom is 0.193 e. The lowest BCUT2D eigenvalue weighted by atomic mass is 10.1. The van der Waals surface area contributed by atoms with Crippen LogP contribution in [0, 0.1) is 11.3 Å². The van der Waals surface area contributed by atoms with Crippen LogP contribution in [0.5, 0.6) is 0 Å². The van der Waals surface area contributed by atoms with E-state index in [1.165, 1.54) is 0 Å². The molecule has 1 N–H and O–H groups in total. The molecule has 0 atom stereocenters. The molecule has 1 aromatic carbocycles. The molecule has 8 heteroatoms. The summed E-state index contributed by atoms with van der Waals surface area (Å²) in [5.41, 5.74) is 1.66. The van der Waals surface area contributed by atoms with Gasteiger partial charge in [-0.3, -0.25) is 4.99 Å². The first kappa shape index (κ1) is 20.7. The molecule has 1 fully saturated rings. The van der Waals surface area contributed by atoms with Crippen molar-refractivity contribution in [2.24, 2.45) is 4.99 Å². The Hall–Kier alpha value is -1.34. The first-order chi connectivity index (χ1) is 10.8. The van der Waals surface area contributed by atoms with E-state index in [0.29, 0.717) is 31.2 Å². The number of hydrogen-bond donors (Lipinski definition) is 1. The van der Waals surface area contributed by atoms with E-state index in [-0.39, 0.29) is 29.7 Å². The largest absolute Gasteiger partial charge is 0.352 e. The Labute approximate surface area is 160 Å². The zero-order valence-electron chi connectivity index (χ0n) is 14.1. The first-order valence-electron chi connectivity index (χ1n) is 7.46. The van der Waals surface area contributed by atoms with Gasteiger partial charge in [-0.1, -0.05) is 12.1 Å². The summed E-state index contributed by atoms with van der Waals surface area (Å²) in [5.74, 6) is 0.828. The van der Waals surface area contributed by atoms with Crippen LogP contribution in [-0.2, 0) is 16.4 Å². The highest BCUT2D eigenvalue weighted by molar-refractivity contribution is 14.0. The lowest BCUT2D eigenvalue weighted by Gasteiger charge is -2.39. The van der Waals surface area contributed by atoms with Crippen molar-refractivity contribution in [1.82, 2.24) is 10.2 Å². The van der Waals surface area contributed by atoms with Crippen molar-refractivity contribution >= 4 is 39.8 Å². The van der Waals surface area contributed by atoms with Crippen LogP contribution in [0.15, 0.2) is 29.3 Å². The van der Waals surface area contributed by atoms with Crippen LogP contribution < -0.4 is 5.32 Å². The number of nitriles is 1. The van der Waals surface area contributed by atoms with Gasteiger partial charge in [0.15, 0.2) is 15.8 Å². The molecule has 0 aromatic heterocycles. The van der Waals surface area contributed by atoms with E-state index in [4.69, 9.17) is 5.26 Å². The molecular weight excluding hydrogens is 439 g/mol. The number of halogens is 1. The van der Waals surface area contributed by atoms with E-state index < -0.39 is 14.6 Å². The third-order valence-corrected chi connectivity index (χ3v) is 6.62. The predicted molar refractivity (Wildman–Crippen MR) is 106 cm³/mol. The average molecular weight is 462 g/mol. The number of hydrogen-bond acceptors (Lipinski definition) is 4. The summed E-state index contributed by atoms with van der Waals surface area (Å²) in [5, 5.41) is 12.1. The highest BCUT2D eigenvalue weighted by atomic mass is 127. The normalized spacial score (nSPS) is 19.1. The number of sulfone groups is 1. The second-order valence-electron chi connectivity index (χ2n) is 6.21. The molecule has 1 aromatic rings. The summed E-state index contributed by atoms with van der Waals surface area (Å²) in [7, 11) is -1.37. The van der Waals surface area contributed by atoms with E-state index >= 15 is 0 Å². The fourth-order valence-corrected chi connectivity index (χ4v) is 3.90. The van der Waals surface area contributed by atoms with Gasteiger partial charge in [0.2, 0.25) is 0 Å². The Morgan fingerprint density at radius 2 is 2.00 bits per heavy atom. The van der Waals surface area contributed by atoms with Crippen LogP contribution >= 0.6 is 24.0 Å². The topological polar surface area (TPSA) is 85.6 Å². The molecule has 0 bridgehead atoms. The maximum atomic E-state index is 12.1. The summed E-state index contributed by atoms with van der Waals surface area (Å²) in [4.78, 5) is 6.24. The molecule has 24 heavy (non-hydrogen) atoms. The van der Waals surface area contributed by atoms with Gasteiger partial charge in [0.1, 0.15) is 0 Å². The highest BCUT2D eigenvalue weighted by Gasteiger charge is 2.40. The van der Waals surface area contributed by atoms with Gasteiger partial charge in [0.25, 0.3) is 0 Å². The van der Waals surface area contributed by atoms with E-state index in [1.807, 2.05) is 17.0 Å². The van der Waals surface area contributed by atoms with Gasteiger partial charge >= 0.3 is 0 Å². The number of nitrogens with zero attached hydrogens (tertiary/aromatic N) is 3. The fourth-order valence-electron chi connectivity index (χ4n) is 2.54. The van der Waals surface area contributed by atoms with Crippen molar-refractivity contribution in [2.75, 3.05) is 25.9 Å². The van der Waals surface area contributed by atoms with Gasteiger partial charge in [-0.05, 0) is 31.5 Å².